The van der Waals surface area contributed by atoms with E-state index in [4.69, 9.17) is 0 Å². The van der Waals surface area contributed by atoms with Crippen molar-refractivity contribution in [2.75, 3.05) is 24.5 Å². The number of hydrogen-bond donors (Lipinski definition) is 2. The molecule has 1 atom stereocenters. The monoisotopic (exact) mass is 428 g/mol. The molecule has 1 aromatic carbocycles. The number of guanidine groups is 1. The summed E-state index contributed by atoms with van der Waals surface area (Å²) in [6.07, 6.45) is 3.27. The van der Waals surface area contributed by atoms with Crippen LogP contribution in [0.4, 0.5) is 23.2 Å². The van der Waals surface area contributed by atoms with Crippen LogP contribution >= 0.6 is 0 Å². The number of benzene rings is 1. The van der Waals surface area contributed by atoms with Crippen molar-refractivity contribution in [1.29, 1.82) is 0 Å². The minimum Gasteiger partial charge on any atom is -0.433 e. The van der Waals surface area contributed by atoms with Crippen LogP contribution in [0, 0.1) is 0 Å². The lowest BCUT2D eigenvalue weighted by atomic mass is 10.2. The molecule has 1 fully saturated rings. The summed E-state index contributed by atoms with van der Waals surface area (Å²) in [6, 6.07) is 6.66. The Labute approximate surface area is 171 Å². The van der Waals surface area contributed by atoms with Crippen molar-refractivity contribution in [3.8, 4) is 5.75 Å². The first-order valence-electron chi connectivity index (χ1n) is 9.61. The summed E-state index contributed by atoms with van der Waals surface area (Å²) < 4.78 is 56.6. The maximum Gasteiger partial charge on any atom is 0.387 e. The first-order valence-corrected chi connectivity index (χ1v) is 9.61. The van der Waals surface area contributed by atoms with Crippen LogP contribution in [0.5, 0.6) is 5.75 Å². The van der Waals surface area contributed by atoms with Gasteiger partial charge in [0.05, 0.1) is 5.69 Å². The fourth-order valence-corrected chi connectivity index (χ4v) is 3.32. The van der Waals surface area contributed by atoms with Crippen LogP contribution in [0.1, 0.15) is 25.7 Å². The van der Waals surface area contributed by atoms with E-state index in [0.29, 0.717) is 31.3 Å². The lowest BCUT2D eigenvalue weighted by molar-refractivity contribution is -0.0495. The van der Waals surface area contributed by atoms with E-state index in [1.807, 2.05) is 11.8 Å². The molecule has 1 aliphatic rings. The quantitative estimate of drug-likeness (QED) is 0.384. The highest BCUT2D eigenvalue weighted by atomic mass is 19.3. The number of imidazole rings is 1. The van der Waals surface area contributed by atoms with Crippen molar-refractivity contribution in [1.82, 2.24) is 20.2 Å². The van der Waals surface area contributed by atoms with Gasteiger partial charge in [0.2, 0.25) is 0 Å². The van der Waals surface area contributed by atoms with Gasteiger partial charge in [0, 0.05) is 38.1 Å². The Bertz CT molecular complexity index is 844. The molecule has 164 valence electrons. The predicted octanol–water partition coefficient (Wildman–Crippen LogP) is 3.21. The van der Waals surface area contributed by atoms with E-state index in [9.17, 15) is 17.6 Å². The van der Waals surface area contributed by atoms with Crippen molar-refractivity contribution in [3.05, 3.63) is 42.5 Å². The highest BCUT2D eigenvalue weighted by Gasteiger charge is 2.26. The molecule has 7 nitrogen and oxygen atoms in total. The van der Waals surface area contributed by atoms with Gasteiger partial charge in [0.25, 0.3) is 0 Å². The van der Waals surface area contributed by atoms with Crippen LogP contribution in [0.3, 0.4) is 0 Å². The summed E-state index contributed by atoms with van der Waals surface area (Å²) in [6.45, 7) is -1.87. The average Bonchev–Trinajstić information content (AvgIpc) is 3.36. The normalized spacial score (nSPS) is 17.1. The van der Waals surface area contributed by atoms with Gasteiger partial charge in [-0.1, -0.05) is 12.1 Å². The molecule has 1 saturated heterocycles. The molecule has 0 aliphatic carbocycles. The maximum absolute atomic E-state index is 13.0. The molecule has 1 unspecified atom stereocenters. The van der Waals surface area contributed by atoms with E-state index >= 15 is 0 Å². The molecule has 2 N–H and O–H groups in total. The fourth-order valence-electron chi connectivity index (χ4n) is 3.32. The van der Waals surface area contributed by atoms with Crippen molar-refractivity contribution in [2.45, 2.75) is 39.1 Å². The summed E-state index contributed by atoms with van der Waals surface area (Å²) >= 11 is 0. The van der Waals surface area contributed by atoms with Crippen molar-refractivity contribution in [3.63, 3.8) is 0 Å². The van der Waals surface area contributed by atoms with Gasteiger partial charge < -0.3 is 20.3 Å². The average molecular weight is 428 g/mol. The molecule has 0 amide bonds. The Hall–Kier alpha value is -2.98. The maximum atomic E-state index is 13.0. The largest absolute Gasteiger partial charge is 0.433 e. The molecule has 3 rings (SSSR count). The van der Waals surface area contributed by atoms with Crippen molar-refractivity contribution < 1.29 is 22.3 Å². The molecular formula is C19H24F4N6O. The van der Waals surface area contributed by atoms with Crippen LogP contribution < -0.4 is 20.3 Å². The van der Waals surface area contributed by atoms with E-state index in [1.54, 1.807) is 18.2 Å². The first kappa shape index (κ1) is 21.7. The second-order valence-corrected chi connectivity index (χ2v) is 6.65. The van der Waals surface area contributed by atoms with Crippen molar-refractivity contribution >= 4 is 11.6 Å². The Balaban J connectivity index is 1.64. The highest BCUT2D eigenvalue weighted by Crippen LogP contribution is 2.31. The topological polar surface area (TPSA) is 66.7 Å². The SMILES string of the molecule is CCNC(=NCc1nccn1C(F)F)NC1CCN(c2ccccc2OC(F)F)C1. The smallest absolute Gasteiger partial charge is 0.387 e. The number of para-hydroxylation sites is 2. The van der Waals surface area contributed by atoms with E-state index < -0.39 is 13.2 Å². The third kappa shape index (κ3) is 5.55. The summed E-state index contributed by atoms with van der Waals surface area (Å²) in [7, 11) is 0. The number of anilines is 1. The van der Waals surface area contributed by atoms with Gasteiger partial charge in [-0.15, -0.1) is 0 Å². The first-order chi connectivity index (χ1) is 14.5. The predicted molar refractivity (Wildman–Crippen MR) is 105 cm³/mol. The molecule has 30 heavy (non-hydrogen) atoms. The number of nitrogens with one attached hydrogen (secondary N) is 2. The van der Waals surface area contributed by atoms with E-state index in [1.165, 1.54) is 18.5 Å². The highest BCUT2D eigenvalue weighted by molar-refractivity contribution is 5.80. The van der Waals surface area contributed by atoms with Gasteiger partial charge >= 0.3 is 13.2 Å². The van der Waals surface area contributed by atoms with Gasteiger partial charge in [0.15, 0.2) is 5.96 Å². The zero-order valence-electron chi connectivity index (χ0n) is 16.4. The molecule has 0 saturated carbocycles. The Morgan fingerprint density at radius 2 is 2.10 bits per heavy atom. The van der Waals surface area contributed by atoms with Gasteiger partial charge in [-0.05, 0) is 25.5 Å². The standard InChI is InChI=1S/C19H24F4N6O/c1-2-24-19(26-11-16-25-8-10-29(16)17(20)21)27-13-7-9-28(12-13)14-5-3-4-6-15(14)30-18(22)23/h3-6,8,10,13,17-18H,2,7,9,11-12H2,1H3,(H2,24,26,27). The van der Waals surface area contributed by atoms with E-state index in [2.05, 4.69) is 25.3 Å². The van der Waals surface area contributed by atoms with Gasteiger partial charge in [-0.25, -0.2) is 9.98 Å². The number of aliphatic imine (C=N–C) groups is 1. The van der Waals surface area contributed by atoms with Crippen LogP contribution in [0.2, 0.25) is 0 Å². The number of ether oxygens (including phenoxy) is 1. The van der Waals surface area contributed by atoms with Crippen molar-refractivity contribution in [2.24, 2.45) is 4.99 Å². The van der Waals surface area contributed by atoms with Gasteiger partial charge in [-0.2, -0.15) is 17.6 Å². The second-order valence-electron chi connectivity index (χ2n) is 6.65. The molecular weight excluding hydrogens is 404 g/mol. The third-order valence-corrected chi connectivity index (χ3v) is 4.63. The zero-order valence-corrected chi connectivity index (χ0v) is 16.4. The number of halogens is 4. The van der Waals surface area contributed by atoms with E-state index in [-0.39, 0.29) is 24.2 Å². The molecule has 2 aromatic rings. The Kier molecular flexibility index (Phi) is 7.36. The second kappa shape index (κ2) is 10.2. The number of nitrogens with zero attached hydrogens (tertiary/aromatic N) is 4. The third-order valence-electron chi connectivity index (χ3n) is 4.63. The van der Waals surface area contributed by atoms with Crippen LogP contribution in [0.25, 0.3) is 0 Å². The Morgan fingerprint density at radius 3 is 2.83 bits per heavy atom. The van der Waals surface area contributed by atoms with Gasteiger partial charge in [-0.3, -0.25) is 4.57 Å². The molecule has 1 aliphatic heterocycles. The summed E-state index contributed by atoms with van der Waals surface area (Å²) in [5, 5.41) is 6.36. The molecule has 11 heteroatoms. The lowest BCUT2D eigenvalue weighted by Crippen LogP contribution is -2.44. The number of alkyl halides is 4. The number of aromatic nitrogens is 2. The van der Waals surface area contributed by atoms with Crippen LogP contribution in [0.15, 0.2) is 41.7 Å². The molecule has 0 radical (unpaired) electrons. The minimum atomic E-state index is -2.89. The lowest BCUT2D eigenvalue weighted by Gasteiger charge is -2.22. The summed E-state index contributed by atoms with van der Waals surface area (Å²) in [4.78, 5) is 10.2. The fraction of sp³-hybridized carbons (Fsp3) is 0.474. The Morgan fingerprint density at radius 1 is 1.30 bits per heavy atom. The van der Waals surface area contributed by atoms with Crippen LogP contribution in [-0.4, -0.2) is 47.8 Å². The molecule has 0 spiro atoms. The number of hydrogen-bond acceptors (Lipinski definition) is 4. The molecule has 0 bridgehead atoms. The summed E-state index contributed by atoms with van der Waals surface area (Å²) in [5.41, 5.74) is 0.600. The van der Waals surface area contributed by atoms with E-state index in [0.717, 1.165) is 11.0 Å². The molecule has 2 heterocycles. The zero-order chi connectivity index (χ0) is 21.5. The molecule has 1 aromatic heterocycles. The number of rotatable bonds is 8. The van der Waals surface area contributed by atoms with Gasteiger partial charge in [0.1, 0.15) is 18.1 Å². The van der Waals surface area contributed by atoms with Crippen LogP contribution in [-0.2, 0) is 6.54 Å². The summed E-state index contributed by atoms with van der Waals surface area (Å²) in [5.74, 6) is 0.770. The minimum absolute atomic E-state index is 0.00255.